The Morgan fingerprint density at radius 3 is 2.59 bits per heavy atom. The van der Waals surface area contributed by atoms with E-state index >= 15 is 0 Å². The molecule has 0 saturated heterocycles. The van der Waals surface area contributed by atoms with Gasteiger partial charge in [-0.15, -0.1) is 0 Å². The Balaban J connectivity index is 2.79. The second kappa shape index (κ2) is 5.57. The van der Waals surface area contributed by atoms with Gasteiger partial charge in [-0.2, -0.15) is 0 Å². The van der Waals surface area contributed by atoms with E-state index in [1.54, 1.807) is 13.8 Å². The third-order valence-electron chi connectivity index (χ3n) is 2.05. The lowest BCUT2D eigenvalue weighted by atomic mass is 10.0. The maximum absolute atomic E-state index is 13.8. The molecule has 0 spiro atoms. The molecular formula is C13H14F2O2. The van der Waals surface area contributed by atoms with Gasteiger partial charge in [0, 0.05) is 0 Å². The first-order valence-electron chi connectivity index (χ1n) is 5.21. The second-order valence-electron chi connectivity index (χ2n) is 3.90. The summed E-state index contributed by atoms with van der Waals surface area (Å²) in [5.41, 5.74) is -0.278. The molecule has 0 amide bonds. The van der Waals surface area contributed by atoms with Crippen LogP contribution in [0.15, 0.2) is 36.4 Å². The Morgan fingerprint density at radius 1 is 1.41 bits per heavy atom. The van der Waals surface area contributed by atoms with Crippen LogP contribution in [0.3, 0.4) is 0 Å². The van der Waals surface area contributed by atoms with Crippen molar-refractivity contribution in [3.05, 3.63) is 47.8 Å². The maximum atomic E-state index is 13.8. The van der Waals surface area contributed by atoms with Gasteiger partial charge >= 0.3 is 5.97 Å². The normalized spacial score (nSPS) is 12.3. The van der Waals surface area contributed by atoms with Crippen molar-refractivity contribution in [1.29, 1.82) is 0 Å². The van der Waals surface area contributed by atoms with Gasteiger partial charge in [0.1, 0.15) is 5.82 Å². The van der Waals surface area contributed by atoms with Crippen molar-refractivity contribution in [1.82, 2.24) is 0 Å². The predicted molar refractivity (Wildman–Crippen MR) is 60.6 cm³/mol. The molecule has 1 aromatic carbocycles. The Morgan fingerprint density at radius 2 is 2.06 bits per heavy atom. The second-order valence-corrected chi connectivity index (χ2v) is 3.90. The van der Waals surface area contributed by atoms with Gasteiger partial charge in [-0.25, -0.2) is 13.6 Å². The van der Waals surface area contributed by atoms with Gasteiger partial charge in [0.25, 0.3) is 0 Å². The van der Waals surface area contributed by atoms with Crippen LogP contribution in [0.4, 0.5) is 8.78 Å². The summed E-state index contributed by atoms with van der Waals surface area (Å²) in [6.45, 7) is 6.65. The number of benzene rings is 1. The number of esters is 1. The largest absolute Gasteiger partial charge is 0.460 e. The molecule has 0 bridgehead atoms. The zero-order valence-electron chi connectivity index (χ0n) is 9.74. The molecule has 0 N–H and O–H groups in total. The molecule has 17 heavy (non-hydrogen) atoms. The van der Waals surface area contributed by atoms with Gasteiger partial charge in [0.15, 0.2) is 6.17 Å². The zero-order chi connectivity index (χ0) is 13.0. The molecule has 0 saturated carbocycles. The van der Waals surface area contributed by atoms with Crippen LogP contribution in [-0.2, 0) is 9.53 Å². The lowest BCUT2D eigenvalue weighted by Crippen LogP contribution is -2.16. The smallest absolute Gasteiger partial charge is 0.336 e. The Labute approximate surface area is 98.9 Å². The van der Waals surface area contributed by atoms with Crippen LogP contribution in [0.2, 0.25) is 0 Å². The van der Waals surface area contributed by atoms with Crippen molar-refractivity contribution in [2.24, 2.45) is 0 Å². The van der Waals surface area contributed by atoms with Gasteiger partial charge in [-0.1, -0.05) is 18.7 Å². The number of carbonyl (C=O) groups is 1. The van der Waals surface area contributed by atoms with E-state index in [9.17, 15) is 13.6 Å². The van der Waals surface area contributed by atoms with Gasteiger partial charge in [-0.05, 0) is 31.5 Å². The highest BCUT2D eigenvalue weighted by molar-refractivity contribution is 5.89. The average Bonchev–Trinajstić information content (AvgIpc) is 2.26. The van der Waals surface area contributed by atoms with Gasteiger partial charge in [-0.3, -0.25) is 0 Å². The summed E-state index contributed by atoms with van der Waals surface area (Å²) in [5.74, 6) is -1.37. The van der Waals surface area contributed by atoms with Crippen LogP contribution >= 0.6 is 0 Å². The summed E-state index contributed by atoms with van der Waals surface area (Å²) >= 11 is 0. The van der Waals surface area contributed by atoms with Crippen molar-refractivity contribution in [3.63, 3.8) is 0 Å². The molecular weight excluding hydrogens is 226 g/mol. The van der Waals surface area contributed by atoms with E-state index in [1.807, 2.05) is 0 Å². The number of hydrogen-bond acceptors (Lipinski definition) is 2. The minimum Gasteiger partial charge on any atom is -0.460 e. The average molecular weight is 240 g/mol. The minimum atomic E-state index is -1.75. The molecule has 1 atom stereocenters. The van der Waals surface area contributed by atoms with Crippen LogP contribution < -0.4 is 0 Å². The van der Waals surface area contributed by atoms with Crippen molar-refractivity contribution in [2.45, 2.75) is 26.1 Å². The molecule has 1 rings (SSSR count). The fourth-order valence-electron chi connectivity index (χ4n) is 1.26. The number of carbonyl (C=O) groups excluding carboxylic acids is 1. The van der Waals surface area contributed by atoms with Crippen LogP contribution in [0.1, 0.15) is 25.6 Å². The van der Waals surface area contributed by atoms with E-state index in [0.29, 0.717) is 0 Å². The monoisotopic (exact) mass is 240 g/mol. The summed E-state index contributed by atoms with van der Waals surface area (Å²) in [7, 11) is 0. The van der Waals surface area contributed by atoms with E-state index in [1.165, 1.54) is 18.2 Å². The Bertz CT molecular complexity index is 427. The van der Waals surface area contributed by atoms with Gasteiger partial charge in [0.05, 0.1) is 11.7 Å². The number of rotatable bonds is 4. The highest BCUT2D eigenvalue weighted by atomic mass is 19.1. The number of halogens is 2. The first-order chi connectivity index (χ1) is 7.91. The van der Waals surface area contributed by atoms with Gasteiger partial charge < -0.3 is 4.74 Å². The molecule has 2 nitrogen and oxygen atoms in total. The van der Waals surface area contributed by atoms with Crippen molar-refractivity contribution < 1.29 is 18.3 Å². The SMILES string of the molecule is C=C(C(=O)OC(C)C)C(F)c1cccc(F)c1. The summed E-state index contributed by atoms with van der Waals surface area (Å²) < 4.78 is 31.5. The van der Waals surface area contributed by atoms with Crippen LogP contribution in [0, 0.1) is 5.82 Å². The Hall–Kier alpha value is -1.71. The number of ether oxygens (including phenoxy) is 1. The highest BCUT2D eigenvalue weighted by Crippen LogP contribution is 2.26. The lowest BCUT2D eigenvalue weighted by molar-refractivity contribution is -0.143. The van der Waals surface area contributed by atoms with E-state index < -0.39 is 18.0 Å². The molecule has 92 valence electrons. The molecule has 4 heteroatoms. The standard InChI is InChI=1S/C13H14F2O2/c1-8(2)17-13(16)9(3)12(15)10-5-4-6-11(14)7-10/h4-8,12H,3H2,1-2H3. The first kappa shape index (κ1) is 13.4. The fourth-order valence-corrected chi connectivity index (χ4v) is 1.26. The van der Waals surface area contributed by atoms with Crippen molar-refractivity contribution >= 4 is 5.97 Å². The van der Waals surface area contributed by atoms with E-state index in [2.05, 4.69) is 6.58 Å². The van der Waals surface area contributed by atoms with E-state index in [-0.39, 0.29) is 17.2 Å². The fraction of sp³-hybridized carbons (Fsp3) is 0.308. The summed E-state index contributed by atoms with van der Waals surface area (Å²) in [5, 5.41) is 0. The molecule has 0 aromatic heterocycles. The van der Waals surface area contributed by atoms with E-state index in [0.717, 1.165) is 6.07 Å². The summed E-state index contributed by atoms with van der Waals surface area (Å²) in [4.78, 5) is 11.4. The van der Waals surface area contributed by atoms with Crippen molar-refractivity contribution in [2.75, 3.05) is 0 Å². The molecule has 0 heterocycles. The molecule has 0 radical (unpaired) electrons. The van der Waals surface area contributed by atoms with Gasteiger partial charge in [0.2, 0.25) is 0 Å². The molecule has 0 fully saturated rings. The third-order valence-corrected chi connectivity index (χ3v) is 2.05. The summed E-state index contributed by atoms with van der Waals surface area (Å²) in [6.07, 6.45) is -2.10. The molecule has 1 unspecified atom stereocenters. The third kappa shape index (κ3) is 3.66. The summed E-state index contributed by atoms with van der Waals surface area (Å²) in [6, 6.07) is 4.99. The van der Waals surface area contributed by atoms with Crippen LogP contribution in [0.25, 0.3) is 0 Å². The molecule has 1 aromatic rings. The number of hydrogen-bond donors (Lipinski definition) is 0. The molecule has 0 aliphatic heterocycles. The number of alkyl halides is 1. The topological polar surface area (TPSA) is 26.3 Å². The van der Waals surface area contributed by atoms with E-state index in [4.69, 9.17) is 4.74 Å². The first-order valence-corrected chi connectivity index (χ1v) is 5.21. The van der Waals surface area contributed by atoms with Crippen molar-refractivity contribution in [3.8, 4) is 0 Å². The van der Waals surface area contributed by atoms with Crippen LogP contribution in [0.5, 0.6) is 0 Å². The molecule has 0 aliphatic carbocycles. The quantitative estimate of drug-likeness (QED) is 0.596. The maximum Gasteiger partial charge on any atom is 0.336 e. The Kier molecular flexibility index (Phi) is 4.37. The molecule has 0 aliphatic rings. The predicted octanol–water partition coefficient (Wildman–Crippen LogP) is 3.34. The van der Waals surface area contributed by atoms with Crippen LogP contribution in [-0.4, -0.2) is 12.1 Å². The highest BCUT2D eigenvalue weighted by Gasteiger charge is 2.22. The zero-order valence-corrected chi connectivity index (χ0v) is 9.74. The minimum absolute atomic E-state index is 0.0516. The lowest BCUT2D eigenvalue weighted by Gasteiger charge is -2.13.